The molecule has 5 heteroatoms. The summed E-state index contributed by atoms with van der Waals surface area (Å²) >= 11 is 0. The Morgan fingerprint density at radius 3 is 1.93 bits per heavy atom. The summed E-state index contributed by atoms with van der Waals surface area (Å²) in [5.74, 6) is 0.937. The van der Waals surface area contributed by atoms with Crippen molar-refractivity contribution in [1.82, 2.24) is 14.5 Å². The summed E-state index contributed by atoms with van der Waals surface area (Å²) in [5.41, 5.74) is 15.8. The average Bonchev–Trinajstić information content (AvgIpc) is 3.73. The van der Waals surface area contributed by atoms with Crippen molar-refractivity contribution in [3.8, 4) is 78.6 Å². The SMILES string of the molecule is [2H]C([2H])([2H])c1cc(-c2c(C(C)C)cccc2C(C)(C)C)ccc1-n1c(-c2cc(C(C)C)cc(C(C)C)c2O)nc2c(-c3[c-]c(-c4cc(-c5ccccc5)ccn4)cc(-c4ccccc4)c3)cccc21.[Pt]. The first-order chi connectivity index (χ1) is 32.9. The van der Waals surface area contributed by atoms with Crippen molar-refractivity contribution in [2.24, 2.45) is 0 Å². The molecule has 0 atom stereocenters. The van der Waals surface area contributed by atoms with Gasteiger partial charge in [0.1, 0.15) is 11.6 Å². The summed E-state index contributed by atoms with van der Waals surface area (Å²) in [4.78, 5) is 10.4. The summed E-state index contributed by atoms with van der Waals surface area (Å²) in [5, 5.41) is 12.4. The molecule has 340 valence electrons. The molecule has 9 aromatic rings. The first-order valence-electron chi connectivity index (χ1n) is 24.7. The van der Waals surface area contributed by atoms with Crippen LogP contribution in [-0.4, -0.2) is 19.6 Å². The maximum Gasteiger partial charge on any atom is 0.148 e. The van der Waals surface area contributed by atoms with Crippen molar-refractivity contribution >= 4 is 11.0 Å². The first-order valence-corrected chi connectivity index (χ1v) is 23.2. The number of phenols is 1. The van der Waals surface area contributed by atoms with Gasteiger partial charge >= 0.3 is 0 Å². The predicted molar refractivity (Wildman–Crippen MR) is 278 cm³/mol. The number of rotatable bonds is 10. The Morgan fingerprint density at radius 2 is 1.27 bits per heavy atom. The van der Waals surface area contributed by atoms with Crippen molar-refractivity contribution in [3.05, 3.63) is 192 Å². The summed E-state index contributed by atoms with van der Waals surface area (Å²) in [7, 11) is 0. The van der Waals surface area contributed by atoms with Crippen LogP contribution in [-0.2, 0) is 26.5 Å². The van der Waals surface area contributed by atoms with E-state index in [1.807, 2.05) is 83.6 Å². The van der Waals surface area contributed by atoms with Gasteiger partial charge in [0.05, 0.1) is 22.3 Å². The maximum atomic E-state index is 12.4. The largest absolute Gasteiger partial charge is 0.507 e. The Labute approximate surface area is 416 Å². The van der Waals surface area contributed by atoms with E-state index < -0.39 is 6.85 Å². The van der Waals surface area contributed by atoms with Gasteiger partial charge in [0.2, 0.25) is 0 Å². The van der Waals surface area contributed by atoms with Crippen molar-refractivity contribution < 1.29 is 30.3 Å². The van der Waals surface area contributed by atoms with Crippen LogP contribution in [0.4, 0.5) is 0 Å². The number of aromatic nitrogens is 3. The molecule has 9 rings (SSSR count). The molecule has 7 aromatic carbocycles. The molecule has 0 spiro atoms. The number of aromatic hydroxyl groups is 1. The fraction of sp³-hybridized carbons (Fsp3) is 0.226. The van der Waals surface area contributed by atoms with Gasteiger partial charge in [-0.15, -0.1) is 23.8 Å². The molecule has 0 amide bonds. The number of hydrogen-bond acceptors (Lipinski definition) is 3. The predicted octanol–water partition coefficient (Wildman–Crippen LogP) is 16.9. The van der Waals surface area contributed by atoms with Gasteiger partial charge in [-0.3, -0.25) is 9.55 Å². The minimum atomic E-state index is -2.52. The Balaban J connectivity index is 0.00000659. The number of para-hydroxylation sites is 1. The Hall–Kier alpha value is -6.35. The van der Waals surface area contributed by atoms with Gasteiger partial charge in [0, 0.05) is 37.1 Å². The topological polar surface area (TPSA) is 50.9 Å². The number of hydrogen-bond donors (Lipinski definition) is 1. The van der Waals surface area contributed by atoms with Crippen LogP contribution in [0, 0.1) is 12.9 Å². The Bertz CT molecular complexity index is 3350. The molecule has 0 unspecified atom stereocenters. The van der Waals surface area contributed by atoms with Crippen LogP contribution in [0.1, 0.15) is 112 Å². The molecule has 0 bridgehead atoms. The molecule has 4 nitrogen and oxygen atoms in total. The average molecular weight is 1060 g/mol. The molecule has 0 aliphatic heterocycles. The number of phenolic OH excluding ortho intramolecular Hbond substituents is 1. The van der Waals surface area contributed by atoms with Gasteiger partial charge in [-0.05, 0) is 116 Å². The fourth-order valence-electron chi connectivity index (χ4n) is 9.29. The second-order valence-electron chi connectivity index (χ2n) is 19.5. The zero-order valence-corrected chi connectivity index (χ0v) is 42.1. The number of imidazole rings is 1. The second kappa shape index (κ2) is 19.1. The zero-order chi connectivity index (χ0) is 48.9. The molecular weight excluding hydrogens is 998 g/mol. The van der Waals surface area contributed by atoms with E-state index in [4.69, 9.17) is 9.97 Å². The van der Waals surface area contributed by atoms with Crippen molar-refractivity contribution in [2.45, 2.75) is 92.3 Å². The standard InChI is InChI=1S/C62H60N3O.Pt/c1-38(2)46-35-52(40(5)6)60(66)53(36-46)61-64-59-51(48-32-47(43-21-15-12-16-22-43)33-49(34-48)55-37-44(29-30-63-55)42-19-13-11-14-20-42)24-18-26-57(59)65(61)56-28-27-45(31-41(56)7)58-50(39(3)4)23-17-25-54(58)62(8,9)10;/h11-33,35-40,66H,1-10H3;/q-1;/i7D3;. The molecule has 2 heterocycles. The summed E-state index contributed by atoms with van der Waals surface area (Å²) in [6.07, 6.45) is 1.84. The van der Waals surface area contributed by atoms with Gasteiger partial charge in [-0.1, -0.05) is 188 Å². The van der Waals surface area contributed by atoms with Gasteiger partial charge < -0.3 is 5.11 Å². The number of aryl methyl sites for hydroxylation is 1. The number of pyridine rings is 1. The van der Waals surface area contributed by atoms with E-state index in [0.717, 1.165) is 78.0 Å². The number of benzene rings is 7. The molecule has 67 heavy (non-hydrogen) atoms. The second-order valence-corrected chi connectivity index (χ2v) is 19.5. The van der Waals surface area contributed by atoms with Crippen LogP contribution in [0.2, 0.25) is 0 Å². The van der Waals surface area contributed by atoms with Crippen LogP contribution in [0.15, 0.2) is 158 Å². The summed E-state index contributed by atoms with van der Waals surface area (Å²) < 4.78 is 29.5. The van der Waals surface area contributed by atoms with Crippen molar-refractivity contribution in [3.63, 3.8) is 0 Å². The smallest absolute Gasteiger partial charge is 0.148 e. The quantitative estimate of drug-likeness (QED) is 0.139. The molecule has 1 N–H and O–H groups in total. The minimum Gasteiger partial charge on any atom is -0.507 e. The monoisotopic (exact) mass is 1060 g/mol. The van der Waals surface area contributed by atoms with Crippen molar-refractivity contribution in [2.75, 3.05) is 0 Å². The van der Waals surface area contributed by atoms with Gasteiger partial charge in [-0.25, -0.2) is 4.98 Å². The zero-order valence-electron chi connectivity index (χ0n) is 42.8. The third-order valence-corrected chi connectivity index (χ3v) is 12.8. The summed E-state index contributed by atoms with van der Waals surface area (Å²) in [6, 6.07) is 55.2. The molecular formula is C62H60N3OPt-. The molecule has 0 fully saturated rings. The van der Waals surface area contributed by atoms with Crippen LogP contribution in [0.3, 0.4) is 0 Å². The minimum absolute atomic E-state index is 0. The number of nitrogens with zero attached hydrogens (tertiary/aromatic N) is 3. The van der Waals surface area contributed by atoms with Gasteiger partial charge in [0.25, 0.3) is 0 Å². The van der Waals surface area contributed by atoms with Crippen LogP contribution < -0.4 is 0 Å². The van der Waals surface area contributed by atoms with Crippen LogP contribution >= 0.6 is 0 Å². The van der Waals surface area contributed by atoms with E-state index in [9.17, 15) is 9.22 Å². The van der Waals surface area contributed by atoms with Crippen molar-refractivity contribution in [1.29, 1.82) is 0 Å². The van der Waals surface area contributed by atoms with E-state index in [1.54, 1.807) is 0 Å². The first kappa shape index (κ1) is 43.2. The van der Waals surface area contributed by atoms with E-state index in [0.29, 0.717) is 28.1 Å². The number of fused-ring (bicyclic) bond motifs is 1. The Kier molecular flexibility index (Phi) is 12.3. The molecule has 0 aliphatic rings. The molecule has 0 saturated heterocycles. The van der Waals surface area contributed by atoms with Crippen LogP contribution in [0.25, 0.3) is 83.9 Å². The van der Waals surface area contributed by atoms with E-state index >= 15 is 0 Å². The summed E-state index contributed by atoms with van der Waals surface area (Å²) in [6.45, 7) is 16.9. The molecule has 0 saturated carbocycles. The van der Waals surface area contributed by atoms with E-state index in [-0.39, 0.29) is 55.5 Å². The molecule has 0 aliphatic carbocycles. The third kappa shape index (κ3) is 9.22. The Morgan fingerprint density at radius 1 is 0.597 bits per heavy atom. The fourth-order valence-corrected chi connectivity index (χ4v) is 9.29. The molecule has 0 radical (unpaired) electrons. The van der Waals surface area contributed by atoms with Gasteiger partial charge in [-0.2, -0.15) is 0 Å². The maximum absolute atomic E-state index is 12.4. The molecule has 2 aromatic heterocycles. The van der Waals surface area contributed by atoms with E-state index in [1.165, 1.54) is 0 Å². The van der Waals surface area contributed by atoms with E-state index in [2.05, 4.69) is 147 Å². The van der Waals surface area contributed by atoms with Crippen LogP contribution in [0.5, 0.6) is 5.75 Å². The third-order valence-electron chi connectivity index (χ3n) is 12.8. The normalized spacial score (nSPS) is 12.6. The van der Waals surface area contributed by atoms with Gasteiger partial charge in [0.15, 0.2) is 0 Å².